The standard InChI is InChI=1S/C21H38O3/c1-2-19-15-11-7-4-3-5-10-14-18-24-21(23)17-13-9-6-8-12-16-20(19)22/h19H,2-18H2,1H3. The van der Waals surface area contributed by atoms with Gasteiger partial charge in [0.1, 0.15) is 5.78 Å². The fraction of sp³-hybridized carbons (Fsp3) is 0.905. The van der Waals surface area contributed by atoms with Gasteiger partial charge in [0.25, 0.3) is 0 Å². The smallest absolute Gasteiger partial charge is 0.305 e. The summed E-state index contributed by atoms with van der Waals surface area (Å²) in [5.41, 5.74) is 0. The quantitative estimate of drug-likeness (QED) is 0.551. The number of cyclic esters (lactones) is 1. The highest BCUT2D eigenvalue weighted by molar-refractivity contribution is 5.80. The van der Waals surface area contributed by atoms with E-state index in [1.807, 2.05) is 0 Å². The Kier molecular flexibility index (Phi) is 12.8. The number of Topliss-reactive ketones (excluding diaryl/α,β-unsaturated/α-hetero) is 1. The molecule has 0 aromatic rings. The van der Waals surface area contributed by atoms with E-state index in [4.69, 9.17) is 4.74 Å². The zero-order valence-corrected chi connectivity index (χ0v) is 15.8. The number of carbonyl (C=O) groups excluding carboxylic acids is 2. The van der Waals surface area contributed by atoms with Crippen molar-refractivity contribution in [2.75, 3.05) is 6.61 Å². The zero-order chi connectivity index (χ0) is 17.5. The van der Waals surface area contributed by atoms with Gasteiger partial charge in [-0.1, -0.05) is 64.7 Å². The fourth-order valence-corrected chi connectivity index (χ4v) is 3.53. The van der Waals surface area contributed by atoms with Crippen LogP contribution in [0.5, 0.6) is 0 Å². The molecule has 140 valence electrons. The number of ketones is 1. The van der Waals surface area contributed by atoms with Crippen LogP contribution in [-0.4, -0.2) is 18.4 Å². The van der Waals surface area contributed by atoms with Crippen LogP contribution < -0.4 is 0 Å². The van der Waals surface area contributed by atoms with Crippen molar-refractivity contribution < 1.29 is 14.3 Å². The van der Waals surface area contributed by atoms with Gasteiger partial charge in [-0.25, -0.2) is 0 Å². The fourth-order valence-electron chi connectivity index (χ4n) is 3.53. The maximum atomic E-state index is 12.3. The summed E-state index contributed by atoms with van der Waals surface area (Å²) in [6.45, 7) is 2.75. The largest absolute Gasteiger partial charge is 0.466 e. The lowest BCUT2D eigenvalue weighted by molar-refractivity contribution is -0.143. The van der Waals surface area contributed by atoms with E-state index in [-0.39, 0.29) is 5.97 Å². The van der Waals surface area contributed by atoms with E-state index in [9.17, 15) is 9.59 Å². The summed E-state index contributed by atoms with van der Waals surface area (Å²) in [5, 5.41) is 0. The van der Waals surface area contributed by atoms with Crippen molar-refractivity contribution in [3.05, 3.63) is 0 Å². The predicted molar refractivity (Wildman–Crippen MR) is 99.0 cm³/mol. The number of hydrogen-bond donors (Lipinski definition) is 0. The highest BCUT2D eigenvalue weighted by atomic mass is 16.5. The van der Waals surface area contributed by atoms with Gasteiger partial charge >= 0.3 is 5.97 Å². The van der Waals surface area contributed by atoms with Crippen molar-refractivity contribution in [1.29, 1.82) is 0 Å². The van der Waals surface area contributed by atoms with Crippen LogP contribution >= 0.6 is 0 Å². The van der Waals surface area contributed by atoms with Crippen LogP contribution in [0.15, 0.2) is 0 Å². The number of carbonyl (C=O) groups is 2. The molecule has 24 heavy (non-hydrogen) atoms. The highest BCUT2D eigenvalue weighted by Gasteiger charge is 2.15. The third-order valence-corrected chi connectivity index (χ3v) is 5.21. The first kappa shape index (κ1) is 21.2. The molecule has 3 nitrogen and oxygen atoms in total. The molecule has 0 saturated carbocycles. The lowest BCUT2D eigenvalue weighted by atomic mass is 9.91. The molecule has 0 bridgehead atoms. The number of ether oxygens (including phenoxy) is 1. The van der Waals surface area contributed by atoms with Crippen LogP contribution in [0.3, 0.4) is 0 Å². The van der Waals surface area contributed by atoms with Crippen LogP contribution in [0, 0.1) is 5.92 Å². The first-order valence-electron chi connectivity index (χ1n) is 10.4. The summed E-state index contributed by atoms with van der Waals surface area (Å²) < 4.78 is 5.28. The third kappa shape index (κ3) is 10.8. The molecule has 0 aliphatic carbocycles. The minimum Gasteiger partial charge on any atom is -0.466 e. The molecule has 1 saturated heterocycles. The molecule has 0 N–H and O–H groups in total. The molecular formula is C21H38O3. The van der Waals surface area contributed by atoms with Crippen LogP contribution in [0.2, 0.25) is 0 Å². The molecule has 1 aliphatic rings. The molecule has 0 spiro atoms. The van der Waals surface area contributed by atoms with Gasteiger partial charge in [0.15, 0.2) is 0 Å². The molecular weight excluding hydrogens is 300 g/mol. The van der Waals surface area contributed by atoms with E-state index in [0.29, 0.717) is 24.7 Å². The Morgan fingerprint density at radius 3 is 1.96 bits per heavy atom. The van der Waals surface area contributed by atoms with Gasteiger partial charge in [-0.05, 0) is 32.1 Å². The molecule has 1 fully saturated rings. The van der Waals surface area contributed by atoms with Crippen LogP contribution in [-0.2, 0) is 14.3 Å². The normalized spacial score (nSPS) is 25.0. The molecule has 1 rings (SSSR count). The average Bonchev–Trinajstić information content (AvgIpc) is 2.58. The van der Waals surface area contributed by atoms with Gasteiger partial charge in [0, 0.05) is 18.8 Å². The van der Waals surface area contributed by atoms with Gasteiger partial charge in [-0.2, -0.15) is 0 Å². The second-order valence-electron chi connectivity index (χ2n) is 7.32. The molecule has 3 heteroatoms. The Balaban J connectivity index is 2.31. The number of esters is 1. The van der Waals surface area contributed by atoms with Crippen molar-refractivity contribution in [2.45, 2.75) is 110 Å². The summed E-state index contributed by atoms with van der Waals surface area (Å²) >= 11 is 0. The van der Waals surface area contributed by atoms with Gasteiger partial charge < -0.3 is 4.74 Å². The minimum absolute atomic E-state index is 0.0367. The SMILES string of the molecule is CCC1CCCCCCCCCOC(=O)CCCCCCCC1=O. The van der Waals surface area contributed by atoms with Crippen molar-refractivity contribution in [2.24, 2.45) is 5.92 Å². The van der Waals surface area contributed by atoms with Crippen LogP contribution in [0.25, 0.3) is 0 Å². The van der Waals surface area contributed by atoms with E-state index in [0.717, 1.165) is 64.2 Å². The Morgan fingerprint density at radius 1 is 0.750 bits per heavy atom. The molecule has 1 unspecified atom stereocenters. The molecule has 1 atom stereocenters. The first-order chi connectivity index (χ1) is 11.7. The summed E-state index contributed by atoms with van der Waals surface area (Å²) in [6, 6.07) is 0. The van der Waals surface area contributed by atoms with E-state index in [1.165, 1.54) is 32.1 Å². The maximum absolute atomic E-state index is 12.3. The maximum Gasteiger partial charge on any atom is 0.305 e. The van der Waals surface area contributed by atoms with E-state index < -0.39 is 0 Å². The third-order valence-electron chi connectivity index (χ3n) is 5.21. The molecule has 0 radical (unpaired) electrons. The monoisotopic (exact) mass is 338 g/mol. The predicted octanol–water partition coefficient (Wildman–Crippen LogP) is 5.99. The van der Waals surface area contributed by atoms with Crippen molar-refractivity contribution >= 4 is 11.8 Å². The zero-order valence-electron chi connectivity index (χ0n) is 15.8. The lowest BCUT2D eigenvalue weighted by Crippen LogP contribution is -2.13. The lowest BCUT2D eigenvalue weighted by Gasteiger charge is -2.13. The molecule has 0 aromatic carbocycles. The van der Waals surface area contributed by atoms with E-state index >= 15 is 0 Å². The molecule has 0 aromatic heterocycles. The van der Waals surface area contributed by atoms with Gasteiger partial charge in [0.05, 0.1) is 6.61 Å². The Labute approximate surface area is 148 Å². The van der Waals surface area contributed by atoms with Gasteiger partial charge in [0.2, 0.25) is 0 Å². The summed E-state index contributed by atoms with van der Waals surface area (Å²) in [5.74, 6) is 0.742. The summed E-state index contributed by atoms with van der Waals surface area (Å²) in [4.78, 5) is 23.9. The average molecular weight is 339 g/mol. The topological polar surface area (TPSA) is 43.4 Å². The Morgan fingerprint density at radius 2 is 1.29 bits per heavy atom. The van der Waals surface area contributed by atoms with E-state index in [1.54, 1.807) is 0 Å². The second-order valence-corrected chi connectivity index (χ2v) is 7.32. The van der Waals surface area contributed by atoms with Crippen LogP contribution in [0.4, 0.5) is 0 Å². The molecule has 0 amide bonds. The van der Waals surface area contributed by atoms with Gasteiger partial charge in [-0.15, -0.1) is 0 Å². The number of rotatable bonds is 1. The molecule has 1 heterocycles. The van der Waals surface area contributed by atoms with Crippen molar-refractivity contribution in [3.8, 4) is 0 Å². The molecule has 1 aliphatic heterocycles. The Hall–Kier alpha value is -0.860. The van der Waals surface area contributed by atoms with Crippen LogP contribution in [0.1, 0.15) is 110 Å². The minimum atomic E-state index is -0.0367. The highest BCUT2D eigenvalue weighted by Crippen LogP contribution is 2.19. The second kappa shape index (κ2) is 14.5. The van der Waals surface area contributed by atoms with E-state index in [2.05, 4.69) is 6.92 Å². The number of hydrogen-bond acceptors (Lipinski definition) is 3. The summed E-state index contributed by atoms with van der Waals surface area (Å²) in [6.07, 6.45) is 17.0. The van der Waals surface area contributed by atoms with Crippen molar-refractivity contribution in [3.63, 3.8) is 0 Å². The Bertz CT molecular complexity index is 338. The summed E-state index contributed by atoms with van der Waals surface area (Å²) in [7, 11) is 0. The first-order valence-corrected chi connectivity index (χ1v) is 10.4. The van der Waals surface area contributed by atoms with Gasteiger partial charge in [-0.3, -0.25) is 9.59 Å². The van der Waals surface area contributed by atoms with Crippen molar-refractivity contribution in [1.82, 2.24) is 0 Å².